The van der Waals surface area contributed by atoms with Crippen LogP contribution >= 0.6 is 0 Å². The zero-order valence-electron chi connectivity index (χ0n) is 34.1. The minimum atomic E-state index is -0.173. The topological polar surface area (TPSA) is 72.2 Å². The van der Waals surface area contributed by atoms with E-state index in [-0.39, 0.29) is 31.9 Å². The molecule has 0 saturated carbocycles. The Balaban J connectivity index is 0.00000484. The summed E-state index contributed by atoms with van der Waals surface area (Å²) >= 11 is 0. The minimum Gasteiger partial charge on any atom is -0.510 e. The van der Waals surface area contributed by atoms with E-state index in [1.54, 1.807) is 0 Å². The molecule has 0 unspecified atom stereocenters. The van der Waals surface area contributed by atoms with Crippen LogP contribution in [0.1, 0.15) is 52.7 Å². The molecular weight excluding hydrogens is 910 g/mol. The van der Waals surface area contributed by atoms with E-state index in [0.717, 1.165) is 50.0 Å². The van der Waals surface area contributed by atoms with Crippen LogP contribution in [0.4, 0.5) is 5.69 Å². The molecule has 0 atom stereocenters. The number of aromatic nitrogens is 5. The third kappa shape index (κ3) is 7.90. The van der Waals surface area contributed by atoms with Gasteiger partial charge in [-0.05, 0) is 65.0 Å². The first-order valence-corrected chi connectivity index (χ1v) is 19.5. The largest absolute Gasteiger partial charge is 0.510 e. The average molecular weight is 954 g/mol. The van der Waals surface area contributed by atoms with Gasteiger partial charge in [0.2, 0.25) is 0 Å². The number of hydrogen-bond acceptors (Lipinski definition) is 7. The van der Waals surface area contributed by atoms with E-state index >= 15 is 0 Å². The van der Waals surface area contributed by atoms with Gasteiger partial charge in [-0.3, -0.25) is 0 Å². The number of hydrogen-bond donors (Lipinski definition) is 0. The first-order chi connectivity index (χ1) is 27.9. The summed E-state index contributed by atoms with van der Waals surface area (Å²) in [4.78, 5) is 24.3. The molecule has 0 N–H and O–H groups in total. The zero-order chi connectivity index (χ0) is 40.2. The maximum Gasteiger partial charge on any atom is 0.162 e. The van der Waals surface area contributed by atoms with E-state index in [1.807, 2.05) is 103 Å². The molecule has 0 saturated heterocycles. The first kappa shape index (κ1) is 39.7. The Hall–Kier alpha value is -6.11. The van der Waals surface area contributed by atoms with Crippen LogP contribution in [0.5, 0.6) is 11.5 Å². The van der Waals surface area contributed by atoms with Crippen molar-refractivity contribution in [3.05, 3.63) is 164 Å². The van der Waals surface area contributed by atoms with Crippen molar-refractivity contribution < 1.29 is 25.8 Å². The van der Waals surface area contributed by atoms with Crippen molar-refractivity contribution >= 4 is 27.5 Å². The van der Waals surface area contributed by atoms with E-state index < -0.39 is 0 Å². The molecule has 59 heavy (non-hydrogen) atoms. The fraction of sp³-hybridized carbons (Fsp3) is 0.180. The molecule has 8 aromatic rings. The molecule has 4 heterocycles. The van der Waals surface area contributed by atoms with Gasteiger partial charge in [0.1, 0.15) is 11.6 Å². The summed E-state index contributed by atoms with van der Waals surface area (Å²) in [6.07, 6.45) is 5.91. The zero-order valence-corrected chi connectivity index (χ0v) is 36.4. The third-order valence-electron chi connectivity index (χ3n) is 10.4. The quantitative estimate of drug-likeness (QED) is 0.147. The van der Waals surface area contributed by atoms with Crippen LogP contribution in [0.25, 0.3) is 61.8 Å². The number of nitrogens with zero attached hydrogens (tertiary/aromatic N) is 7. The Labute approximate surface area is 360 Å². The number of pyridine rings is 1. The summed E-state index contributed by atoms with van der Waals surface area (Å²) in [5.41, 5.74) is 7.17. The molecule has 1 aliphatic rings. The molecule has 8 nitrogen and oxygen atoms in total. The maximum absolute atomic E-state index is 7.07. The monoisotopic (exact) mass is 953 g/mol. The van der Waals surface area contributed by atoms with Crippen molar-refractivity contribution in [2.45, 2.75) is 52.4 Å². The molecule has 0 aliphatic carbocycles. The Morgan fingerprint density at radius 1 is 0.627 bits per heavy atom. The van der Waals surface area contributed by atoms with Crippen LogP contribution in [0.3, 0.4) is 0 Å². The molecule has 5 aromatic carbocycles. The second kappa shape index (κ2) is 15.6. The van der Waals surface area contributed by atoms with E-state index in [9.17, 15) is 0 Å². The standard InChI is InChI=1S/C50H44N7O.Pt/c1-49(2,3)35-22-23-51-45(28-35)57-42-21-15-14-20-39(42)40-30-41(48-53-46(33-16-10-8-11-17-33)52-47(54-48)34-18-12-9-13-19-34)44(31-43(40)57)58-38-27-36(50(4,5)6)26-37(29-38)56-25-24-55(7)32-56;/h8-28,30,32H,1-7H3;/q-3;. The summed E-state index contributed by atoms with van der Waals surface area (Å²) in [6, 6.07) is 46.4. The molecule has 0 radical (unpaired) electrons. The Morgan fingerprint density at radius 2 is 1.25 bits per heavy atom. The fourth-order valence-corrected chi connectivity index (χ4v) is 7.20. The predicted octanol–water partition coefficient (Wildman–Crippen LogP) is 11.7. The maximum atomic E-state index is 7.07. The van der Waals surface area contributed by atoms with Gasteiger partial charge in [0.15, 0.2) is 11.6 Å². The smallest absolute Gasteiger partial charge is 0.162 e. The summed E-state index contributed by atoms with van der Waals surface area (Å²) in [6.45, 7) is 15.3. The van der Waals surface area contributed by atoms with Gasteiger partial charge in [-0.1, -0.05) is 126 Å². The van der Waals surface area contributed by atoms with Crippen molar-refractivity contribution in [3.8, 4) is 51.5 Å². The van der Waals surface area contributed by atoms with Crippen LogP contribution in [0, 0.1) is 18.8 Å². The van der Waals surface area contributed by atoms with Crippen molar-refractivity contribution in [2.24, 2.45) is 0 Å². The van der Waals surface area contributed by atoms with Crippen LogP contribution in [-0.2, 0) is 31.9 Å². The second-order valence-electron chi connectivity index (χ2n) is 16.8. The van der Waals surface area contributed by atoms with Gasteiger partial charge in [-0.2, -0.15) is 6.67 Å². The third-order valence-corrected chi connectivity index (χ3v) is 10.4. The number of fused-ring (bicyclic) bond motifs is 3. The summed E-state index contributed by atoms with van der Waals surface area (Å²) in [5.74, 6) is 3.40. The van der Waals surface area contributed by atoms with Crippen LogP contribution in [0.2, 0.25) is 0 Å². The first-order valence-electron chi connectivity index (χ1n) is 19.5. The van der Waals surface area contributed by atoms with Crippen molar-refractivity contribution in [3.63, 3.8) is 0 Å². The molecule has 9 heteroatoms. The van der Waals surface area contributed by atoms with E-state index in [0.29, 0.717) is 34.5 Å². The number of anilines is 1. The molecular formula is C50H44N7OPt-3. The molecule has 0 bridgehead atoms. The number of benzene rings is 5. The van der Waals surface area contributed by atoms with Gasteiger partial charge < -0.3 is 19.1 Å². The number of rotatable bonds is 7. The molecule has 0 amide bonds. The van der Waals surface area contributed by atoms with Gasteiger partial charge in [0.05, 0.1) is 0 Å². The van der Waals surface area contributed by atoms with E-state index in [4.69, 9.17) is 24.7 Å². The van der Waals surface area contributed by atoms with Crippen molar-refractivity contribution in [1.82, 2.24) is 29.4 Å². The van der Waals surface area contributed by atoms with Crippen molar-refractivity contribution in [2.75, 3.05) is 11.9 Å². The van der Waals surface area contributed by atoms with Gasteiger partial charge in [0, 0.05) is 55.4 Å². The number of ether oxygens (including phenoxy) is 1. The number of para-hydroxylation sites is 1. The predicted molar refractivity (Wildman–Crippen MR) is 234 cm³/mol. The van der Waals surface area contributed by atoms with E-state index in [1.165, 1.54) is 5.56 Å². The van der Waals surface area contributed by atoms with Gasteiger partial charge in [0.25, 0.3) is 0 Å². The fourth-order valence-electron chi connectivity index (χ4n) is 7.20. The molecule has 3 aromatic heterocycles. The van der Waals surface area contributed by atoms with Crippen LogP contribution in [0.15, 0.2) is 134 Å². The van der Waals surface area contributed by atoms with Gasteiger partial charge in [-0.25, -0.2) is 19.9 Å². The molecule has 9 rings (SSSR count). The molecule has 0 fully saturated rings. The summed E-state index contributed by atoms with van der Waals surface area (Å²) in [5, 5.41) is 2.02. The molecule has 1 aliphatic heterocycles. The summed E-state index contributed by atoms with van der Waals surface area (Å²) < 4.78 is 9.24. The normalized spacial score (nSPS) is 13.0. The van der Waals surface area contributed by atoms with Crippen LogP contribution < -0.4 is 9.64 Å². The Bertz CT molecular complexity index is 2780. The van der Waals surface area contributed by atoms with Gasteiger partial charge in [-0.15, -0.1) is 47.0 Å². The molecule has 298 valence electrons. The van der Waals surface area contributed by atoms with E-state index in [2.05, 4.69) is 113 Å². The summed E-state index contributed by atoms with van der Waals surface area (Å²) in [7, 11) is 2.01. The van der Waals surface area contributed by atoms with Crippen LogP contribution in [-0.4, -0.2) is 36.5 Å². The minimum absolute atomic E-state index is 0. The average Bonchev–Trinajstić information content (AvgIpc) is 3.81. The Kier molecular flexibility index (Phi) is 10.5. The van der Waals surface area contributed by atoms with Crippen molar-refractivity contribution in [1.29, 1.82) is 0 Å². The molecule has 0 spiro atoms. The SMILES string of the molecule is CN1C=CN(c2[c-]c(Oc3[c-]c4c(cc3-c3nc(-c5ccccc5)nc(-c5ccccc5)n3)c3ccccc3n4-c3cc(C(C)(C)C)ccn3)cc(C(C)(C)C)c2)[CH-]1.[Pt]. The Morgan fingerprint density at radius 3 is 1.88 bits per heavy atom. The second-order valence-corrected chi connectivity index (χ2v) is 16.8. The van der Waals surface area contributed by atoms with Gasteiger partial charge >= 0.3 is 0 Å².